The van der Waals surface area contributed by atoms with Gasteiger partial charge in [-0.3, -0.25) is 9.89 Å². The first-order valence-corrected chi connectivity index (χ1v) is 10.4. The molecule has 5 rings (SSSR count). The molecule has 1 atom stereocenters. The molecule has 0 radical (unpaired) electrons. The molecule has 3 aromatic heterocycles. The van der Waals surface area contributed by atoms with Gasteiger partial charge in [0.2, 0.25) is 0 Å². The molecule has 3 N–H and O–H groups in total. The van der Waals surface area contributed by atoms with E-state index in [1.54, 1.807) is 18.3 Å². The van der Waals surface area contributed by atoms with Crippen LogP contribution < -0.4 is 10.9 Å². The molecule has 8 heteroatoms. The van der Waals surface area contributed by atoms with E-state index in [2.05, 4.69) is 20.5 Å². The summed E-state index contributed by atoms with van der Waals surface area (Å²) < 4.78 is 13.9. The molecule has 0 spiro atoms. The molecule has 4 heterocycles. The zero-order chi connectivity index (χ0) is 20.0. The number of benzene rings is 1. The number of H-pyrrole nitrogens is 2. The standard InChI is InChI=1S/C21H20FN5OS/c1-12-15(11-24-27-12)17-9-16-18(29-17)19(28)26-20(25-16)21(7-2-8-23-21)10-13-3-5-14(22)6-4-13/h3-6,9,11,23H,2,7-8,10H2,1H3,(H,24,27)(H,25,26,28). The van der Waals surface area contributed by atoms with Gasteiger partial charge in [-0.2, -0.15) is 5.10 Å². The van der Waals surface area contributed by atoms with Gasteiger partial charge in [0, 0.05) is 16.1 Å². The van der Waals surface area contributed by atoms with Gasteiger partial charge in [-0.25, -0.2) is 9.37 Å². The van der Waals surface area contributed by atoms with Crippen LogP contribution in [0.15, 0.2) is 41.3 Å². The van der Waals surface area contributed by atoms with Crippen molar-refractivity contribution in [3.05, 3.63) is 69.8 Å². The van der Waals surface area contributed by atoms with Crippen LogP contribution >= 0.6 is 11.3 Å². The number of aromatic amines is 2. The number of nitrogens with zero attached hydrogens (tertiary/aromatic N) is 2. The van der Waals surface area contributed by atoms with Gasteiger partial charge < -0.3 is 10.3 Å². The molecule has 6 nitrogen and oxygen atoms in total. The van der Waals surface area contributed by atoms with Gasteiger partial charge >= 0.3 is 0 Å². The number of thiophene rings is 1. The second-order valence-electron chi connectivity index (χ2n) is 7.56. The third-order valence-corrected chi connectivity index (χ3v) is 6.75. The molecule has 1 unspecified atom stereocenters. The third-order valence-electron chi connectivity index (χ3n) is 5.59. The minimum Gasteiger partial charge on any atom is -0.308 e. The van der Waals surface area contributed by atoms with E-state index in [9.17, 15) is 9.18 Å². The molecular formula is C21H20FN5OS. The minimum absolute atomic E-state index is 0.130. The van der Waals surface area contributed by atoms with E-state index in [-0.39, 0.29) is 11.4 Å². The maximum absolute atomic E-state index is 13.3. The Morgan fingerprint density at radius 2 is 2.10 bits per heavy atom. The Kier molecular flexibility index (Phi) is 4.33. The molecule has 148 valence electrons. The highest BCUT2D eigenvalue weighted by atomic mass is 32.1. The van der Waals surface area contributed by atoms with Crippen molar-refractivity contribution in [3.63, 3.8) is 0 Å². The maximum atomic E-state index is 13.3. The molecule has 1 aliphatic heterocycles. The first kappa shape index (κ1) is 18.2. The Labute approximate surface area is 170 Å². The molecule has 4 aromatic rings. The number of aromatic nitrogens is 4. The van der Waals surface area contributed by atoms with Crippen LogP contribution in [0, 0.1) is 12.7 Å². The topological polar surface area (TPSA) is 86.5 Å². The molecule has 1 saturated heterocycles. The summed E-state index contributed by atoms with van der Waals surface area (Å²) in [5, 5.41) is 10.6. The lowest BCUT2D eigenvalue weighted by atomic mass is 9.88. The van der Waals surface area contributed by atoms with Crippen LogP contribution in [0.4, 0.5) is 4.39 Å². The molecule has 0 aliphatic carbocycles. The fourth-order valence-corrected chi connectivity index (χ4v) is 5.15. The van der Waals surface area contributed by atoms with Crippen LogP contribution in [-0.4, -0.2) is 26.7 Å². The van der Waals surface area contributed by atoms with E-state index in [1.807, 2.05) is 13.0 Å². The van der Waals surface area contributed by atoms with Gasteiger partial charge in [0.15, 0.2) is 0 Å². The molecular weight excluding hydrogens is 389 g/mol. The molecule has 0 saturated carbocycles. The summed E-state index contributed by atoms with van der Waals surface area (Å²) in [6.45, 7) is 2.81. The monoisotopic (exact) mass is 409 g/mol. The lowest BCUT2D eigenvalue weighted by Gasteiger charge is -2.28. The summed E-state index contributed by atoms with van der Waals surface area (Å²) in [6, 6.07) is 8.47. The van der Waals surface area contributed by atoms with Gasteiger partial charge in [-0.05, 0) is 56.5 Å². The van der Waals surface area contributed by atoms with Gasteiger partial charge in [-0.15, -0.1) is 11.3 Å². The number of nitrogens with one attached hydrogen (secondary N) is 3. The van der Waals surface area contributed by atoms with Crippen LogP contribution in [0.1, 0.15) is 29.9 Å². The summed E-state index contributed by atoms with van der Waals surface area (Å²) in [7, 11) is 0. The van der Waals surface area contributed by atoms with Crippen molar-refractivity contribution in [1.82, 2.24) is 25.5 Å². The lowest BCUT2D eigenvalue weighted by Crippen LogP contribution is -2.41. The molecule has 29 heavy (non-hydrogen) atoms. The summed E-state index contributed by atoms with van der Waals surface area (Å²) in [4.78, 5) is 21.7. The van der Waals surface area contributed by atoms with Gasteiger partial charge in [0.1, 0.15) is 16.3 Å². The fraction of sp³-hybridized carbons (Fsp3) is 0.286. The van der Waals surface area contributed by atoms with Crippen LogP contribution in [0.5, 0.6) is 0 Å². The van der Waals surface area contributed by atoms with E-state index in [0.29, 0.717) is 22.5 Å². The molecule has 1 aliphatic rings. The Bertz CT molecular complexity index is 1230. The highest BCUT2D eigenvalue weighted by Gasteiger charge is 2.38. The lowest BCUT2D eigenvalue weighted by molar-refractivity contribution is 0.363. The average Bonchev–Trinajstić information content (AvgIpc) is 3.43. The van der Waals surface area contributed by atoms with E-state index in [4.69, 9.17) is 4.98 Å². The summed E-state index contributed by atoms with van der Waals surface area (Å²) in [5.41, 5.74) is 3.04. The zero-order valence-electron chi connectivity index (χ0n) is 15.9. The predicted molar refractivity (Wildman–Crippen MR) is 112 cm³/mol. The van der Waals surface area contributed by atoms with E-state index >= 15 is 0 Å². The van der Waals surface area contributed by atoms with Crippen LogP contribution in [0.3, 0.4) is 0 Å². The summed E-state index contributed by atoms with van der Waals surface area (Å²) >= 11 is 1.42. The van der Waals surface area contributed by atoms with Gasteiger partial charge in [0.05, 0.1) is 17.3 Å². The summed E-state index contributed by atoms with van der Waals surface area (Å²) in [6.07, 6.45) is 4.26. The van der Waals surface area contributed by atoms with Crippen molar-refractivity contribution >= 4 is 21.6 Å². The van der Waals surface area contributed by atoms with Gasteiger partial charge in [-0.1, -0.05) is 12.1 Å². The van der Waals surface area contributed by atoms with Crippen molar-refractivity contribution < 1.29 is 4.39 Å². The van der Waals surface area contributed by atoms with Crippen molar-refractivity contribution in [2.24, 2.45) is 0 Å². The van der Waals surface area contributed by atoms with Crippen molar-refractivity contribution in [3.8, 4) is 10.4 Å². The highest BCUT2D eigenvalue weighted by molar-refractivity contribution is 7.22. The molecule has 1 fully saturated rings. The maximum Gasteiger partial charge on any atom is 0.268 e. The van der Waals surface area contributed by atoms with E-state index < -0.39 is 5.54 Å². The highest BCUT2D eigenvalue weighted by Crippen LogP contribution is 2.35. The number of hydrogen-bond donors (Lipinski definition) is 3. The second kappa shape index (κ2) is 6.89. The van der Waals surface area contributed by atoms with Gasteiger partial charge in [0.25, 0.3) is 5.56 Å². The quantitative estimate of drug-likeness (QED) is 0.480. The smallest absolute Gasteiger partial charge is 0.268 e. The van der Waals surface area contributed by atoms with Crippen molar-refractivity contribution in [2.75, 3.05) is 6.54 Å². The van der Waals surface area contributed by atoms with Crippen molar-refractivity contribution in [1.29, 1.82) is 0 Å². The molecule has 0 amide bonds. The number of fused-ring (bicyclic) bond motifs is 1. The first-order chi connectivity index (χ1) is 14.0. The van der Waals surface area contributed by atoms with E-state index in [0.717, 1.165) is 41.1 Å². The van der Waals surface area contributed by atoms with Crippen LogP contribution in [0.2, 0.25) is 0 Å². The normalized spacial score (nSPS) is 19.2. The first-order valence-electron chi connectivity index (χ1n) is 9.58. The Hall–Kier alpha value is -2.84. The Balaban J connectivity index is 1.59. The largest absolute Gasteiger partial charge is 0.308 e. The average molecular weight is 409 g/mol. The number of halogens is 1. The third kappa shape index (κ3) is 3.18. The molecule has 0 bridgehead atoms. The van der Waals surface area contributed by atoms with Crippen molar-refractivity contribution in [2.45, 2.75) is 31.7 Å². The zero-order valence-corrected chi connectivity index (χ0v) is 16.7. The summed E-state index contributed by atoms with van der Waals surface area (Å²) in [5.74, 6) is 0.389. The second-order valence-corrected chi connectivity index (χ2v) is 8.62. The fourth-order valence-electron chi connectivity index (χ4n) is 4.09. The number of hydrogen-bond acceptors (Lipinski definition) is 5. The molecule has 1 aromatic carbocycles. The number of rotatable bonds is 4. The van der Waals surface area contributed by atoms with E-state index in [1.165, 1.54) is 23.5 Å². The Morgan fingerprint density at radius 1 is 1.28 bits per heavy atom. The number of aryl methyl sites for hydroxylation is 1. The Morgan fingerprint density at radius 3 is 2.79 bits per heavy atom. The predicted octanol–water partition coefficient (Wildman–Crippen LogP) is 3.64. The SMILES string of the molecule is Cc1[nH]ncc1-c1cc2nc(C3(Cc4ccc(F)cc4)CCCN3)[nH]c(=O)c2s1. The van der Waals surface area contributed by atoms with Crippen LogP contribution in [-0.2, 0) is 12.0 Å². The van der Waals surface area contributed by atoms with Crippen LogP contribution in [0.25, 0.3) is 20.7 Å². The minimum atomic E-state index is -0.459.